The Morgan fingerprint density at radius 1 is 1.24 bits per heavy atom. The van der Waals surface area contributed by atoms with Gasteiger partial charge in [-0.1, -0.05) is 29.5 Å². The van der Waals surface area contributed by atoms with Crippen LogP contribution in [-0.4, -0.2) is 17.6 Å². The molecule has 0 aromatic heterocycles. The molecule has 3 nitrogen and oxygen atoms in total. The van der Waals surface area contributed by atoms with E-state index in [0.29, 0.717) is 11.3 Å². The zero-order chi connectivity index (χ0) is 15.2. The Morgan fingerprint density at radius 3 is 2.57 bits per heavy atom. The number of carbonyl (C=O) groups is 1. The van der Waals surface area contributed by atoms with E-state index in [1.54, 1.807) is 18.2 Å². The second kappa shape index (κ2) is 6.69. The number of benzene rings is 2. The molecule has 0 saturated heterocycles. The maximum absolute atomic E-state index is 13.7. The number of carbonyl (C=O) groups excluding carboxylic acids is 1. The molecular formula is C17H14FNO2. The number of hydrogen-bond acceptors (Lipinski definition) is 2. The third kappa shape index (κ3) is 3.91. The fourth-order valence-electron chi connectivity index (χ4n) is 1.74. The first kappa shape index (κ1) is 14.8. The van der Waals surface area contributed by atoms with E-state index in [1.165, 1.54) is 12.1 Å². The van der Waals surface area contributed by atoms with Crippen LogP contribution in [0.2, 0.25) is 0 Å². The van der Waals surface area contributed by atoms with Crippen LogP contribution in [0.25, 0.3) is 0 Å². The molecule has 0 fully saturated rings. The van der Waals surface area contributed by atoms with Crippen LogP contribution in [-0.2, 0) is 0 Å². The first-order valence-corrected chi connectivity index (χ1v) is 6.37. The van der Waals surface area contributed by atoms with Crippen molar-refractivity contribution >= 4 is 11.6 Å². The summed E-state index contributed by atoms with van der Waals surface area (Å²) in [5.74, 6) is 4.02. The number of aliphatic hydroxyl groups is 1. The summed E-state index contributed by atoms with van der Waals surface area (Å²) in [5.41, 5.74) is 2.10. The summed E-state index contributed by atoms with van der Waals surface area (Å²) in [6.45, 7) is 1.61. The molecule has 0 bridgehead atoms. The van der Waals surface area contributed by atoms with E-state index < -0.39 is 5.82 Å². The molecule has 2 rings (SSSR count). The van der Waals surface area contributed by atoms with Crippen LogP contribution < -0.4 is 5.32 Å². The third-order valence-electron chi connectivity index (χ3n) is 2.84. The van der Waals surface area contributed by atoms with Gasteiger partial charge in [0.1, 0.15) is 12.4 Å². The molecule has 0 saturated carbocycles. The van der Waals surface area contributed by atoms with Crippen LogP contribution in [0.5, 0.6) is 0 Å². The first-order valence-electron chi connectivity index (χ1n) is 6.37. The van der Waals surface area contributed by atoms with Gasteiger partial charge in [0.05, 0.1) is 5.56 Å². The van der Waals surface area contributed by atoms with Gasteiger partial charge in [-0.3, -0.25) is 4.79 Å². The van der Waals surface area contributed by atoms with Gasteiger partial charge in [0.2, 0.25) is 0 Å². The Balaban J connectivity index is 2.14. The summed E-state index contributed by atoms with van der Waals surface area (Å²) in [4.78, 5) is 12.0. The van der Waals surface area contributed by atoms with Crippen LogP contribution >= 0.6 is 0 Å². The molecule has 2 aromatic rings. The van der Waals surface area contributed by atoms with Crippen molar-refractivity contribution in [3.8, 4) is 11.8 Å². The molecule has 1 amide bonds. The predicted octanol–water partition coefficient (Wildman–Crippen LogP) is 2.73. The Kier molecular flexibility index (Phi) is 4.70. The molecule has 0 heterocycles. The van der Waals surface area contributed by atoms with Crippen molar-refractivity contribution in [2.24, 2.45) is 0 Å². The molecule has 2 N–H and O–H groups in total. The summed E-state index contributed by atoms with van der Waals surface area (Å²) in [7, 11) is 0. The number of nitrogens with one attached hydrogen (secondary N) is 1. The van der Waals surface area contributed by atoms with E-state index >= 15 is 0 Å². The highest BCUT2D eigenvalue weighted by Gasteiger charge is 2.07. The summed E-state index contributed by atoms with van der Waals surface area (Å²) < 4.78 is 13.7. The molecule has 0 spiro atoms. The zero-order valence-corrected chi connectivity index (χ0v) is 11.5. The third-order valence-corrected chi connectivity index (χ3v) is 2.84. The minimum absolute atomic E-state index is 0.178. The number of aliphatic hydroxyl groups excluding tert-OH is 1. The Hall–Kier alpha value is -2.64. The van der Waals surface area contributed by atoms with Gasteiger partial charge in [-0.15, -0.1) is 0 Å². The largest absolute Gasteiger partial charge is 0.384 e. The van der Waals surface area contributed by atoms with Crippen LogP contribution in [0.4, 0.5) is 10.1 Å². The highest BCUT2D eigenvalue weighted by Crippen LogP contribution is 2.15. The van der Waals surface area contributed by atoms with Gasteiger partial charge in [0, 0.05) is 11.3 Å². The SMILES string of the molecule is Cc1ccc(C(=O)Nc2ccc(C#CCO)c(F)c2)cc1. The van der Waals surface area contributed by atoms with Crippen molar-refractivity contribution in [2.75, 3.05) is 11.9 Å². The fraction of sp³-hybridized carbons (Fsp3) is 0.118. The van der Waals surface area contributed by atoms with Gasteiger partial charge >= 0.3 is 0 Å². The maximum Gasteiger partial charge on any atom is 0.255 e. The standard InChI is InChI=1S/C17H14FNO2/c1-12-4-6-14(7-5-12)17(21)19-15-9-8-13(3-2-10-20)16(18)11-15/h4-9,11,20H,10H2,1H3,(H,19,21). The summed E-state index contributed by atoms with van der Waals surface area (Å²) in [6, 6.07) is 11.3. The number of rotatable bonds is 2. The predicted molar refractivity (Wildman–Crippen MR) is 79.5 cm³/mol. The van der Waals surface area contributed by atoms with Gasteiger partial charge in [0.15, 0.2) is 0 Å². The van der Waals surface area contributed by atoms with Crippen LogP contribution in [0, 0.1) is 24.6 Å². The molecule has 21 heavy (non-hydrogen) atoms. The van der Waals surface area contributed by atoms with Gasteiger partial charge < -0.3 is 10.4 Å². The Labute approximate surface area is 122 Å². The minimum Gasteiger partial charge on any atom is -0.384 e. The molecule has 0 aliphatic heterocycles. The van der Waals surface area contributed by atoms with E-state index in [9.17, 15) is 9.18 Å². The molecule has 2 aromatic carbocycles. The number of aryl methyl sites for hydroxylation is 1. The molecule has 0 aliphatic rings. The maximum atomic E-state index is 13.7. The number of anilines is 1. The van der Waals surface area contributed by atoms with Gasteiger partial charge in [0.25, 0.3) is 5.91 Å². The highest BCUT2D eigenvalue weighted by atomic mass is 19.1. The topological polar surface area (TPSA) is 49.3 Å². The van der Waals surface area contributed by atoms with Crippen LogP contribution in [0.1, 0.15) is 21.5 Å². The molecule has 0 unspecified atom stereocenters. The van der Waals surface area contributed by atoms with E-state index in [-0.39, 0.29) is 18.1 Å². The van der Waals surface area contributed by atoms with E-state index in [4.69, 9.17) is 5.11 Å². The molecule has 106 valence electrons. The quantitative estimate of drug-likeness (QED) is 0.833. The molecule has 4 heteroatoms. The first-order chi connectivity index (χ1) is 10.1. The van der Waals surface area contributed by atoms with Crippen LogP contribution in [0.3, 0.4) is 0 Å². The lowest BCUT2D eigenvalue weighted by molar-refractivity contribution is 0.102. The lowest BCUT2D eigenvalue weighted by Gasteiger charge is -2.06. The molecule has 0 radical (unpaired) electrons. The average molecular weight is 283 g/mol. The number of amides is 1. The van der Waals surface area contributed by atoms with Crippen LogP contribution in [0.15, 0.2) is 42.5 Å². The highest BCUT2D eigenvalue weighted by molar-refractivity contribution is 6.04. The molecule has 0 atom stereocenters. The van der Waals surface area contributed by atoms with Crippen molar-refractivity contribution in [1.29, 1.82) is 0 Å². The second-order valence-corrected chi connectivity index (χ2v) is 4.47. The van der Waals surface area contributed by atoms with Gasteiger partial charge in [-0.2, -0.15) is 0 Å². The number of halogens is 1. The van der Waals surface area contributed by atoms with Gasteiger partial charge in [-0.05, 0) is 37.3 Å². The van der Waals surface area contributed by atoms with Crippen molar-refractivity contribution in [1.82, 2.24) is 0 Å². The lowest BCUT2D eigenvalue weighted by Crippen LogP contribution is -2.12. The average Bonchev–Trinajstić information content (AvgIpc) is 2.47. The Bertz CT molecular complexity index is 712. The summed E-state index contributed by atoms with van der Waals surface area (Å²) >= 11 is 0. The van der Waals surface area contributed by atoms with Crippen molar-refractivity contribution in [3.63, 3.8) is 0 Å². The fourth-order valence-corrected chi connectivity index (χ4v) is 1.74. The smallest absolute Gasteiger partial charge is 0.255 e. The second-order valence-electron chi connectivity index (χ2n) is 4.47. The monoisotopic (exact) mass is 283 g/mol. The van der Waals surface area contributed by atoms with Crippen molar-refractivity contribution in [2.45, 2.75) is 6.92 Å². The van der Waals surface area contributed by atoms with Gasteiger partial charge in [-0.25, -0.2) is 4.39 Å². The summed E-state index contributed by atoms with van der Waals surface area (Å²) in [5, 5.41) is 11.2. The van der Waals surface area contributed by atoms with E-state index in [0.717, 1.165) is 5.56 Å². The van der Waals surface area contributed by atoms with Crippen molar-refractivity contribution < 1.29 is 14.3 Å². The summed E-state index contributed by atoms with van der Waals surface area (Å²) in [6.07, 6.45) is 0. The number of hydrogen-bond donors (Lipinski definition) is 2. The zero-order valence-electron chi connectivity index (χ0n) is 11.5. The Morgan fingerprint density at radius 2 is 1.95 bits per heavy atom. The van der Waals surface area contributed by atoms with E-state index in [2.05, 4.69) is 17.2 Å². The lowest BCUT2D eigenvalue weighted by atomic mass is 10.1. The van der Waals surface area contributed by atoms with Crippen molar-refractivity contribution in [3.05, 3.63) is 65.0 Å². The normalized spacial score (nSPS) is 9.67. The molecular weight excluding hydrogens is 269 g/mol. The minimum atomic E-state index is -0.544. The molecule has 0 aliphatic carbocycles. The van der Waals surface area contributed by atoms with E-state index in [1.807, 2.05) is 19.1 Å².